The Labute approximate surface area is 82.3 Å². The molecule has 14 heavy (non-hydrogen) atoms. The van der Waals surface area contributed by atoms with Crippen LogP contribution in [0.15, 0.2) is 0 Å². The van der Waals surface area contributed by atoms with Gasteiger partial charge in [-0.2, -0.15) is 0 Å². The van der Waals surface area contributed by atoms with Crippen molar-refractivity contribution in [3.05, 3.63) is 0 Å². The number of aliphatic hydroxyl groups is 3. The number of hydrogen-bond acceptors (Lipinski definition) is 5. The van der Waals surface area contributed by atoms with Crippen LogP contribution in [-0.2, 0) is 9.47 Å². The first-order valence-electron chi connectivity index (χ1n) is 4.61. The van der Waals surface area contributed by atoms with Crippen LogP contribution in [0.25, 0.3) is 0 Å². The predicted molar refractivity (Wildman–Crippen MR) is 46.4 cm³/mol. The van der Waals surface area contributed by atoms with Gasteiger partial charge in [-0.15, -0.1) is 0 Å². The smallest absolute Gasteiger partial charge is 0.187 e. The molecule has 1 unspecified atom stereocenters. The fourth-order valence-electron chi connectivity index (χ4n) is 2.71. The zero-order valence-corrected chi connectivity index (χ0v) is 8.52. The Kier molecular flexibility index (Phi) is 1.83. The van der Waals surface area contributed by atoms with E-state index in [1.165, 1.54) is 7.11 Å². The van der Waals surface area contributed by atoms with E-state index in [1.54, 1.807) is 13.8 Å². The van der Waals surface area contributed by atoms with Crippen LogP contribution in [-0.4, -0.2) is 52.6 Å². The molecule has 1 saturated carbocycles. The molecule has 0 amide bonds. The van der Waals surface area contributed by atoms with E-state index in [4.69, 9.17) is 9.47 Å². The number of hydrogen-bond donors (Lipinski definition) is 3. The molecule has 0 radical (unpaired) electrons. The maximum absolute atomic E-state index is 10.2. The minimum Gasteiger partial charge on any atom is -0.383 e. The van der Waals surface area contributed by atoms with Crippen LogP contribution in [0.4, 0.5) is 0 Å². The van der Waals surface area contributed by atoms with E-state index in [9.17, 15) is 15.3 Å². The monoisotopic (exact) mass is 204 g/mol. The summed E-state index contributed by atoms with van der Waals surface area (Å²) in [6.07, 6.45) is -2.02. The highest BCUT2D eigenvalue weighted by Crippen LogP contribution is 2.72. The lowest BCUT2D eigenvalue weighted by molar-refractivity contribution is -0.186. The number of rotatable bonds is 2. The number of fused-ring (bicyclic) bond motifs is 1. The second kappa shape index (κ2) is 2.48. The molecular weight excluding hydrogens is 188 g/mol. The minimum absolute atomic E-state index is 0.152. The van der Waals surface area contributed by atoms with Crippen molar-refractivity contribution in [2.75, 3.05) is 13.7 Å². The molecule has 0 bridgehead atoms. The highest BCUT2D eigenvalue weighted by atomic mass is 16.7. The Hall–Kier alpha value is -0.200. The van der Waals surface area contributed by atoms with E-state index >= 15 is 0 Å². The van der Waals surface area contributed by atoms with Gasteiger partial charge in [0.1, 0.15) is 11.7 Å². The van der Waals surface area contributed by atoms with Crippen LogP contribution < -0.4 is 0 Å². The van der Waals surface area contributed by atoms with Crippen molar-refractivity contribution in [1.29, 1.82) is 0 Å². The molecule has 82 valence electrons. The SMILES string of the molecule is COC[C@@H]1OC(O)[C@@]2(O)C(C)(C)[C@@]12O. The molecule has 1 aliphatic heterocycles. The Morgan fingerprint density at radius 3 is 2.21 bits per heavy atom. The van der Waals surface area contributed by atoms with E-state index in [2.05, 4.69) is 0 Å². The van der Waals surface area contributed by atoms with Gasteiger partial charge in [0, 0.05) is 12.5 Å². The predicted octanol–water partition coefficient (Wildman–Crippen LogP) is -1.15. The summed E-state index contributed by atoms with van der Waals surface area (Å²) in [5.41, 5.74) is -3.74. The van der Waals surface area contributed by atoms with Crippen LogP contribution in [0.5, 0.6) is 0 Å². The molecule has 1 heterocycles. The molecule has 0 aromatic heterocycles. The molecule has 0 aromatic carbocycles. The van der Waals surface area contributed by atoms with Crippen molar-refractivity contribution < 1.29 is 24.8 Å². The van der Waals surface area contributed by atoms with Crippen LogP contribution in [0.2, 0.25) is 0 Å². The lowest BCUT2D eigenvalue weighted by atomic mass is 10.0. The van der Waals surface area contributed by atoms with Gasteiger partial charge < -0.3 is 24.8 Å². The molecule has 5 heteroatoms. The maximum Gasteiger partial charge on any atom is 0.187 e. The van der Waals surface area contributed by atoms with Crippen molar-refractivity contribution >= 4 is 0 Å². The summed E-state index contributed by atoms with van der Waals surface area (Å²) < 4.78 is 9.90. The van der Waals surface area contributed by atoms with Gasteiger partial charge in [-0.1, -0.05) is 13.8 Å². The molecule has 0 aromatic rings. The zero-order valence-electron chi connectivity index (χ0n) is 8.52. The summed E-state index contributed by atoms with van der Waals surface area (Å²) in [5.74, 6) is 0. The van der Waals surface area contributed by atoms with Crippen LogP contribution >= 0.6 is 0 Å². The third-order valence-electron chi connectivity index (χ3n) is 3.86. The van der Waals surface area contributed by atoms with Crippen molar-refractivity contribution in [1.82, 2.24) is 0 Å². The average molecular weight is 204 g/mol. The molecule has 3 N–H and O–H groups in total. The van der Waals surface area contributed by atoms with Crippen molar-refractivity contribution in [2.45, 2.75) is 37.4 Å². The molecule has 2 aliphatic rings. The largest absolute Gasteiger partial charge is 0.383 e. The van der Waals surface area contributed by atoms with Gasteiger partial charge in [0.2, 0.25) is 0 Å². The van der Waals surface area contributed by atoms with Crippen molar-refractivity contribution in [3.63, 3.8) is 0 Å². The fraction of sp³-hybridized carbons (Fsp3) is 1.00. The molecule has 5 nitrogen and oxygen atoms in total. The number of aliphatic hydroxyl groups excluding tert-OH is 1. The highest BCUT2D eigenvalue weighted by molar-refractivity contribution is 5.38. The third kappa shape index (κ3) is 0.717. The molecule has 4 atom stereocenters. The van der Waals surface area contributed by atoms with E-state index < -0.39 is 29.0 Å². The normalized spacial score (nSPS) is 54.4. The number of methoxy groups -OCH3 is 1. The molecule has 1 aliphatic carbocycles. The van der Waals surface area contributed by atoms with Gasteiger partial charge in [0.25, 0.3) is 0 Å². The summed E-state index contributed by atoms with van der Waals surface area (Å²) in [6, 6.07) is 0. The topological polar surface area (TPSA) is 79.2 Å². The van der Waals surface area contributed by atoms with E-state index in [-0.39, 0.29) is 6.61 Å². The average Bonchev–Trinajstić information content (AvgIpc) is 2.32. The Morgan fingerprint density at radius 1 is 1.29 bits per heavy atom. The molecule has 2 fully saturated rings. The lowest BCUT2D eigenvalue weighted by Crippen LogP contribution is -2.37. The molecular formula is C9H16O5. The minimum atomic E-state index is -1.57. The third-order valence-corrected chi connectivity index (χ3v) is 3.86. The Bertz CT molecular complexity index is 266. The quantitative estimate of drug-likeness (QED) is 0.529. The summed E-state index contributed by atoms with van der Waals surface area (Å²) >= 11 is 0. The van der Waals surface area contributed by atoms with Crippen LogP contribution in [0.1, 0.15) is 13.8 Å². The molecule has 0 spiro atoms. The maximum atomic E-state index is 10.2. The van der Waals surface area contributed by atoms with Crippen molar-refractivity contribution in [2.24, 2.45) is 5.41 Å². The second-order valence-electron chi connectivity index (χ2n) is 4.59. The van der Waals surface area contributed by atoms with Crippen LogP contribution in [0, 0.1) is 5.41 Å². The Balaban J connectivity index is 2.30. The molecule has 1 saturated heterocycles. The Morgan fingerprint density at radius 2 is 1.86 bits per heavy atom. The van der Waals surface area contributed by atoms with Gasteiger partial charge in [-0.05, 0) is 0 Å². The highest BCUT2D eigenvalue weighted by Gasteiger charge is 2.92. The van der Waals surface area contributed by atoms with Gasteiger partial charge >= 0.3 is 0 Å². The number of ether oxygens (including phenoxy) is 2. The summed E-state index contributed by atoms with van der Waals surface area (Å²) in [5, 5.41) is 29.8. The molecule has 2 rings (SSSR count). The lowest BCUT2D eigenvalue weighted by Gasteiger charge is -2.23. The fourth-order valence-corrected chi connectivity index (χ4v) is 2.71. The van der Waals surface area contributed by atoms with Crippen LogP contribution in [0.3, 0.4) is 0 Å². The zero-order chi connectivity index (χ0) is 10.8. The van der Waals surface area contributed by atoms with Gasteiger partial charge in [-0.3, -0.25) is 0 Å². The van der Waals surface area contributed by atoms with E-state index in [0.717, 1.165) is 0 Å². The van der Waals surface area contributed by atoms with Crippen molar-refractivity contribution in [3.8, 4) is 0 Å². The van der Waals surface area contributed by atoms with E-state index in [1.807, 2.05) is 0 Å². The first-order chi connectivity index (χ1) is 6.34. The summed E-state index contributed by atoms with van der Waals surface area (Å²) in [7, 11) is 1.48. The van der Waals surface area contributed by atoms with E-state index in [0.29, 0.717) is 0 Å². The van der Waals surface area contributed by atoms with Gasteiger partial charge in [0.15, 0.2) is 11.9 Å². The first-order valence-corrected chi connectivity index (χ1v) is 4.61. The summed E-state index contributed by atoms with van der Waals surface area (Å²) in [4.78, 5) is 0. The van der Waals surface area contributed by atoms with Gasteiger partial charge in [-0.25, -0.2) is 0 Å². The summed E-state index contributed by atoms with van der Waals surface area (Å²) in [6.45, 7) is 3.54. The first kappa shape index (κ1) is 10.3. The second-order valence-corrected chi connectivity index (χ2v) is 4.59. The van der Waals surface area contributed by atoms with Gasteiger partial charge in [0.05, 0.1) is 6.61 Å². The standard InChI is InChI=1S/C9H16O5/c1-7(2)8(11)5(4-13-3)14-6(10)9(7,8)12/h5-6,10-12H,4H2,1-3H3/t5-,6?,8-,9+/m0/s1.